The first-order valence-electron chi connectivity index (χ1n) is 5.65. The van der Waals surface area contributed by atoms with E-state index in [1.807, 2.05) is 13.8 Å². The predicted octanol–water partition coefficient (Wildman–Crippen LogP) is 2.31. The standard InChI is InChI=1S/C12H25NO3/c1-8(2)9(12(6,7)15)13-10(14)16-11(3,4)5/h8-9,15H,1-7H3,(H,13,14)/t9-/m0/s1. The largest absolute Gasteiger partial charge is 0.444 e. The average Bonchev–Trinajstić information content (AvgIpc) is 1.93. The average molecular weight is 231 g/mol. The molecule has 96 valence electrons. The van der Waals surface area contributed by atoms with Crippen molar-refractivity contribution in [1.82, 2.24) is 5.32 Å². The van der Waals surface area contributed by atoms with E-state index in [9.17, 15) is 9.90 Å². The zero-order valence-corrected chi connectivity index (χ0v) is 11.4. The molecule has 0 aromatic rings. The molecule has 0 fully saturated rings. The highest BCUT2D eigenvalue weighted by atomic mass is 16.6. The van der Waals surface area contributed by atoms with E-state index in [2.05, 4.69) is 5.32 Å². The minimum atomic E-state index is -0.967. The summed E-state index contributed by atoms with van der Waals surface area (Å²) in [6.07, 6.45) is -0.492. The van der Waals surface area contributed by atoms with E-state index < -0.39 is 17.3 Å². The normalized spacial score (nSPS) is 14.8. The van der Waals surface area contributed by atoms with Gasteiger partial charge in [-0.15, -0.1) is 0 Å². The summed E-state index contributed by atoms with van der Waals surface area (Å²) in [5, 5.41) is 12.6. The summed E-state index contributed by atoms with van der Waals surface area (Å²) in [5.41, 5.74) is -1.49. The van der Waals surface area contributed by atoms with E-state index >= 15 is 0 Å². The lowest BCUT2D eigenvalue weighted by atomic mass is 9.89. The van der Waals surface area contributed by atoms with Crippen LogP contribution >= 0.6 is 0 Å². The minimum Gasteiger partial charge on any atom is -0.444 e. The third-order valence-electron chi connectivity index (χ3n) is 2.10. The molecule has 2 N–H and O–H groups in total. The molecule has 16 heavy (non-hydrogen) atoms. The van der Waals surface area contributed by atoms with Gasteiger partial charge < -0.3 is 15.2 Å². The zero-order chi connectivity index (χ0) is 13.1. The second-order valence-electron chi connectivity index (χ2n) is 6.02. The summed E-state index contributed by atoms with van der Waals surface area (Å²) in [6.45, 7) is 12.7. The zero-order valence-electron chi connectivity index (χ0n) is 11.4. The molecule has 0 aromatic heterocycles. The fraction of sp³-hybridized carbons (Fsp3) is 0.917. The van der Waals surface area contributed by atoms with Gasteiger partial charge in [-0.05, 0) is 40.5 Å². The van der Waals surface area contributed by atoms with Gasteiger partial charge in [-0.25, -0.2) is 4.79 Å². The molecule has 1 atom stereocenters. The number of alkyl carbamates (subject to hydrolysis) is 1. The quantitative estimate of drug-likeness (QED) is 0.783. The van der Waals surface area contributed by atoms with Gasteiger partial charge in [0.25, 0.3) is 0 Å². The van der Waals surface area contributed by atoms with Gasteiger partial charge in [-0.2, -0.15) is 0 Å². The van der Waals surface area contributed by atoms with E-state index in [0.29, 0.717) is 0 Å². The molecule has 0 aliphatic rings. The molecule has 1 amide bonds. The Morgan fingerprint density at radius 1 is 1.19 bits per heavy atom. The molecule has 0 saturated carbocycles. The van der Waals surface area contributed by atoms with Crippen LogP contribution in [0.4, 0.5) is 4.79 Å². The molecule has 0 saturated heterocycles. The Hall–Kier alpha value is -0.770. The van der Waals surface area contributed by atoms with Gasteiger partial charge in [-0.1, -0.05) is 13.8 Å². The maximum Gasteiger partial charge on any atom is 0.407 e. The van der Waals surface area contributed by atoms with Crippen LogP contribution in [0, 0.1) is 5.92 Å². The molecular weight excluding hydrogens is 206 g/mol. The second kappa shape index (κ2) is 5.04. The van der Waals surface area contributed by atoms with Crippen LogP contribution in [0.15, 0.2) is 0 Å². The second-order valence-corrected chi connectivity index (χ2v) is 6.02. The summed E-state index contributed by atoms with van der Waals surface area (Å²) in [5.74, 6) is 0.132. The summed E-state index contributed by atoms with van der Waals surface area (Å²) in [7, 11) is 0. The first-order valence-corrected chi connectivity index (χ1v) is 5.65. The van der Waals surface area contributed by atoms with Gasteiger partial charge in [0, 0.05) is 0 Å². The number of rotatable bonds is 3. The van der Waals surface area contributed by atoms with E-state index in [1.54, 1.807) is 34.6 Å². The highest BCUT2D eigenvalue weighted by Crippen LogP contribution is 2.17. The number of aliphatic hydroxyl groups is 1. The highest BCUT2D eigenvalue weighted by Gasteiger charge is 2.32. The van der Waals surface area contributed by atoms with Gasteiger partial charge in [-0.3, -0.25) is 0 Å². The van der Waals surface area contributed by atoms with Gasteiger partial charge in [0.05, 0.1) is 11.6 Å². The van der Waals surface area contributed by atoms with Gasteiger partial charge >= 0.3 is 6.09 Å². The maximum absolute atomic E-state index is 11.6. The van der Waals surface area contributed by atoms with Gasteiger partial charge in [0.15, 0.2) is 0 Å². The summed E-state index contributed by atoms with van der Waals surface area (Å²) in [6, 6.07) is -0.331. The molecule has 0 aliphatic heterocycles. The number of carbonyl (C=O) groups is 1. The molecular formula is C12H25NO3. The van der Waals surface area contributed by atoms with Crippen molar-refractivity contribution >= 4 is 6.09 Å². The molecule has 0 rings (SSSR count). The van der Waals surface area contributed by atoms with Crippen LogP contribution < -0.4 is 5.32 Å². The van der Waals surface area contributed by atoms with Crippen molar-refractivity contribution in [2.75, 3.05) is 0 Å². The van der Waals surface area contributed by atoms with Crippen molar-refractivity contribution in [2.24, 2.45) is 5.92 Å². The van der Waals surface area contributed by atoms with Crippen molar-refractivity contribution in [3.63, 3.8) is 0 Å². The fourth-order valence-electron chi connectivity index (χ4n) is 1.59. The fourth-order valence-corrected chi connectivity index (χ4v) is 1.59. The maximum atomic E-state index is 11.6. The number of amides is 1. The lowest BCUT2D eigenvalue weighted by molar-refractivity contribution is 0.00483. The topological polar surface area (TPSA) is 58.6 Å². The SMILES string of the molecule is CC(C)[C@H](NC(=O)OC(C)(C)C)C(C)(C)O. The van der Waals surface area contributed by atoms with E-state index in [4.69, 9.17) is 4.74 Å². The van der Waals surface area contributed by atoms with Crippen molar-refractivity contribution in [2.45, 2.75) is 65.7 Å². The van der Waals surface area contributed by atoms with E-state index in [1.165, 1.54) is 0 Å². The number of nitrogens with one attached hydrogen (secondary N) is 1. The van der Waals surface area contributed by atoms with Crippen molar-refractivity contribution in [3.05, 3.63) is 0 Å². The smallest absolute Gasteiger partial charge is 0.407 e. The summed E-state index contributed by atoms with van der Waals surface area (Å²) < 4.78 is 5.15. The molecule has 0 aromatic carbocycles. The van der Waals surface area contributed by atoms with Crippen molar-refractivity contribution in [1.29, 1.82) is 0 Å². The van der Waals surface area contributed by atoms with Crippen LogP contribution in [0.5, 0.6) is 0 Å². The molecule has 4 heteroatoms. The number of carbonyl (C=O) groups excluding carboxylic acids is 1. The molecule has 0 bridgehead atoms. The van der Waals surface area contributed by atoms with Crippen LogP contribution in [-0.4, -0.2) is 28.4 Å². The molecule has 0 unspecified atom stereocenters. The Morgan fingerprint density at radius 3 is 1.88 bits per heavy atom. The predicted molar refractivity (Wildman–Crippen MR) is 64.3 cm³/mol. The van der Waals surface area contributed by atoms with E-state index in [-0.39, 0.29) is 12.0 Å². The van der Waals surface area contributed by atoms with Crippen molar-refractivity contribution < 1.29 is 14.6 Å². The van der Waals surface area contributed by atoms with Gasteiger partial charge in [0.1, 0.15) is 5.60 Å². The van der Waals surface area contributed by atoms with Gasteiger partial charge in [0.2, 0.25) is 0 Å². The van der Waals surface area contributed by atoms with Crippen LogP contribution in [0.3, 0.4) is 0 Å². The third kappa shape index (κ3) is 5.95. The molecule has 0 heterocycles. The lowest BCUT2D eigenvalue weighted by Gasteiger charge is -2.33. The highest BCUT2D eigenvalue weighted by molar-refractivity contribution is 5.68. The monoisotopic (exact) mass is 231 g/mol. The third-order valence-corrected chi connectivity index (χ3v) is 2.10. The molecule has 0 spiro atoms. The molecule has 4 nitrogen and oxygen atoms in total. The Balaban J connectivity index is 4.49. The first-order chi connectivity index (χ1) is 6.93. The number of hydrogen-bond acceptors (Lipinski definition) is 3. The van der Waals surface area contributed by atoms with Crippen LogP contribution in [-0.2, 0) is 4.74 Å². The minimum absolute atomic E-state index is 0.132. The van der Waals surface area contributed by atoms with Crippen molar-refractivity contribution in [3.8, 4) is 0 Å². The van der Waals surface area contributed by atoms with E-state index in [0.717, 1.165) is 0 Å². The summed E-state index contributed by atoms with van der Waals surface area (Å²) >= 11 is 0. The Bertz CT molecular complexity index is 236. The molecule has 0 radical (unpaired) electrons. The first kappa shape index (κ1) is 15.2. The number of hydrogen-bond donors (Lipinski definition) is 2. The lowest BCUT2D eigenvalue weighted by Crippen LogP contribution is -2.53. The summed E-state index contributed by atoms with van der Waals surface area (Å²) in [4.78, 5) is 11.6. The molecule has 0 aliphatic carbocycles. The van der Waals surface area contributed by atoms with Crippen LogP contribution in [0.2, 0.25) is 0 Å². The Morgan fingerprint density at radius 2 is 1.62 bits per heavy atom. The Kier molecular flexibility index (Phi) is 4.80. The van der Waals surface area contributed by atoms with Crippen LogP contribution in [0.1, 0.15) is 48.5 Å². The Labute approximate surface area is 98.4 Å². The van der Waals surface area contributed by atoms with Crippen LogP contribution in [0.25, 0.3) is 0 Å². The number of ether oxygens (including phenoxy) is 1.